The Morgan fingerprint density at radius 1 is 0.852 bits per heavy atom. The van der Waals surface area contributed by atoms with Crippen molar-refractivity contribution in [1.82, 2.24) is 9.80 Å². The van der Waals surface area contributed by atoms with Crippen LogP contribution in [-0.2, 0) is 9.59 Å². The smallest absolute Gasteiger partial charge is 0.250 e. The van der Waals surface area contributed by atoms with Gasteiger partial charge in [-0.05, 0) is 43.4 Å². The highest BCUT2D eigenvalue weighted by atomic mass is 79.9. The summed E-state index contributed by atoms with van der Waals surface area (Å²) >= 11 is 3.54. The van der Waals surface area contributed by atoms with Gasteiger partial charge in [-0.2, -0.15) is 0 Å². The monoisotopic (exact) mass is 432 g/mol. The van der Waals surface area contributed by atoms with Gasteiger partial charge in [0.05, 0.1) is 0 Å². The average molecular weight is 433 g/mol. The van der Waals surface area contributed by atoms with Gasteiger partial charge in [-0.3, -0.25) is 9.59 Å². The number of nitrogens with zero attached hydrogens (tertiary/aromatic N) is 2. The van der Waals surface area contributed by atoms with E-state index in [0.29, 0.717) is 0 Å². The first kappa shape index (κ1) is 19.0. The summed E-state index contributed by atoms with van der Waals surface area (Å²) in [5.41, 5.74) is 0.939. The molecule has 0 N–H and O–H groups in total. The third-order valence-corrected chi connectivity index (χ3v) is 7.03. The molecule has 1 saturated heterocycles. The highest BCUT2D eigenvalue weighted by molar-refractivity contribution is 9.10. The molecule has 2 saturated carbocycles. The minimum absolute atomic E-state index is 0.130. The summed E-state index contributed by atoms with van der Waals surface area (Å²) in [7, 11) is 0. The molecule has 0 unspecified atom stereocenters. The maximum absolute atomic E-state index is 13.7. The van der Waals surface area contributed by atoms with Crippen LogP contribution in [0.2, 0.25) is 0 Å². The number of benzene rings is 1. The lowest BCUT2D eigenvalue weighted by atomic mass is 9.88. The largest absolute Gasteiger partial charge is 0.328 e. The highest BCUT2D eigenvalue weighted by Crippen LogP contribution is 2.37. The molecule has 1 aromatic carbocycles. The van der Waals surface area contributed by atoms with E-state index in [1.54, 1.807) is 0 Å². The molecule has 3 fully saturated rings. The number of piperazine rings is 1. The zero-order valence-electron chi connectivity index (χ0n) is 15.9. The van der Waals surface area contributed by atoms with Crippen molar-refractivity contribution in [2.45, 2.75) is 82.3 Å². The maximum Gasteiger partial charge on any atom is 0.250 e. The normalized spacial score (nSPS) is 25.9. The molecule has 1 aromatic rings. The third-order valence-electron chi connectivity index (χ3n) is 6.54. The summed E-state index contributed by atoms with van der Waals surface area (Å²) in [5, 5.41) is 0. The molecule has 4 nitrogen and oxygen atoms in total. The summed E-state index contributed by atoms with van der Waals surface area (Å²) in [6.07, 6.45) is 11.2. The van der Waals surface area contributed by atoms with Crippen LogP contribution >= 0.6 is 15.9 Å². The average Bonchev–Trinajstić information content (AvgIpc) is 2.70. The molecule has 0 radical (unpaired) electrons. The highest BCUT2D eigenvalue weighted by Gasteiger charge is 2.45. The Hall–Kier alpha value is -1.36. The van der Waals surface area contributed by atoms with E-state index in [1.807, 2.05) is 34.1 Å². The van der Waals surface area contributed by atoms with E-state index < -0.39 is 6.04 Å². The quantitative estimate of drug-likeness (QED) is 0.686. The molecular weight excluding hydrogens is 404 g/mol. The van der Waals surface area contributed by atoms with E-state index in [0.717, 1.165) is 61.4 Å². The van der Waals surface area contributed by atoms with Gasteiger partial charge in [0, 0.05) is 16.6 Å². The van der Waals surface area contributed by atoms with Crippen LogP contribution in [0, 0.1) is 0 Å². The molecule has 27 heavy (non-hydrogen) atoms. The van der Waals surface area contributed by atoms with Crippen molar-refractivity contribution >= 4 is 27.7 Å². The lowest BCUT2D eigenvalue weighted by molar-refractivity contribution is -0.162. The van der Waals surface area contributed by atoms with Crippen LogP contribution in [0.1, 0.15) is 75.8 Å². The van der Waals surface area contributed by atoms with Crippen molar-refractivity contribution in [3.05, 3.63) is 34.3 Å². The van der Waals surface area contributed by atoms with Crippen molar-refractivity contribution in [3.63, 3.8) is 0 Å². The predicted octanol–water partition coefficient (Wildman–Crippen LogP) is 4.83. The number of carbonyl (C=O) groups is 2. The SMILES string of the molecule is O=C1[C@H](c2cccc(Br)c2)N(C2CCCCC2)C(=O)CN1C1CCCCC1. The minimum Gasteiger partial charge on any atom is -0.328 e. The molecule has 4 rings (SSSR count). The Labute approximate surface area is 170 Å². The summed E-state index contributed by atoms with van der Waals surface area (Å²) < 4.78 is 0.957. The van der Waals surface area contributed by atoms with Gasteiger partial charge in [0.25, 0.3) is 5.91 Å². The van der Waals surface area contributed by atoms with E-state index in [4.69, 9.17) is 0 Å². The Morgan fingerprint density at radius 2 is 1.48 bits per heavy atom. The van der Waals surface area contributed by atoms with Crippen LogP contribution in [-0.4, -0.2) is 40.2 Å². The van der Waals surface area contributed by atoms with Crippen LogP contribution in [0.15, 0.2) is 28.7 Å². The Kier molecular flexibility index (Phi) is 5.86. The van der Waals surface area contributed by atoms with Crippen molar-refractivity contribution < 1.29 is 9.59 Å². The van der Waals surface area contributed by atoms with E-state index in [9.17, 15) is 9.59 Å². The second kappa shape index (κ2) is 8.34. The molecule has 0 bridgehead atoms. The van der Waals surface area contributed by atoms with Crippen LogP contribution in [0.4, 0.5) is 0 Å². The Morgan fingerprint density at radius 3 is 2.11 bits per heavy atom. The van der Waals surface area contributed by atoms with Gasteiger partial charge >= 0.3 is 0 Å². The molecule has 5 heteroatoms. The van der Waals surface area contributed by atoms with E-state index in [-0.39, 0.29) is 30.4 Å². The predicted molar refractivity (Wildman–Crippen MR) is 109 cm³/mol. The standard InChI is InChI=1S/C22H29BrN2O2/c23-17-9-7-8-16(14-17)21-22(27)24(18-10-3-1-4-11-18)15-20(26)25(21)19-12-5-2-6-13-19/h7-9,14,18-19,21H,1-6,10-13,15H2/t21-/m0/s1. The van der Waals surface area contributed by atoms with Crippen LogP contribution < -0.4 is 0 Å². The summed E-state index contributed by atoms with van der Waals surface area (Å²) in [5.74, 6) is 0.266. The fourth-order valence-electron chi connectivity index (χ4n) is 5.18. The second-order valence-electron chi connectivity index (χ2n) is 8.31. The maximum atomic E-state index is 13.7. The summed E-state index contributed by atoms with van der Waals surface area (Å²) in [4.78, 5) is 30.8. The first-order valence-electron chi connectivity index (χ1n) is 10.5. The van der Waals surface area contributed by atoms with Gasteiger partial charge in [-0.25, -0.2) is 0 Å². The third kappa shape index (κ3) is 3.94. The minimum atomic E-state index is -0.464. The van der Waals surface area contributed by atoms with Crippen molar-refractivity contribution in [2.24, 2.45) is 0 Å². The van der Waals surface area contributed by atoms with E-state index in [2.05, 4.69) is 15.9 Å². The van der Waals surface area contributed by atoms with Gasteiger partial charge < -0.3 is 9.80 Å². The molecule has 0 aromatic heterocycles. The fraction of sp³-hybridized carbons (Fsp3) is 0.636. The molecule has 146 valence electrons. The molecule has 1 atom stereocenters. The van der Waals surface area contributed by atoms with E-state index >= 15 is 0 Å². The first-order chi connectivity index (χ1) is 13.1. The lowest BCUT2D eigenvalue weighted by Crippen LogP contribution is -2.61. The second-order valence-corrected chi connectivity index (χ2v) is 9.22. The lowest BCUT2D eigenvalue weighted by Gasteiger charge is -2.48. The molecule has 3 aliphatic rings. The summed E-state index contributed by atoms with van der Waals surface area (Å²) in [6, 6.07) is 7.93. The molecule has 1 aliphatic heterocycles. The van der Waals surface area contributed by atoms with Crippen LogP contribution in [0.25, 0.3) is 0 Å². The number of carbonyl (C=O) groups excluding carboxylic acids is 2. The van der Waals surface area contributed by atoms with Crippen molar-refractivity contribution in [3.8, 4) is 0 Å². The van der Waals surface area contributed by atoms with Crippen molar-refractivity contribution in [1.29, 1.82) is 0 Å². The van der Waals surface area contributed by atoms with Gasteiger partial charge in [0.1, 0.15) is 12.6 Å². The van der Waals surface area contributed by atoms with Crippen LogP contribution in [0.3, 0.4) is 0 Å². The fourth-order valence-corrected chi connectivity index (χ4v) is 5.60. The molecular formula is C22H29BrN2O2. The van der Waals surface area contributed by atoms with Crippen LogP contribution in [0.5, 0.6) is 0 Å². The van der Waals surface area contributed by atoms with Crippen molar-refractivity contribution in [2.75, 3.05) is 6.54 Å². The molecule has 1 heterocycles. The number of rotatable bonds is 3. The van der Waals surface area contributed by atoms with Gasteiger partial charge in [0.15, 0.2) is 0 Å². The first-order valence-corrected chi connectivity index (χ1v) is 11.3. The van der Waals surface area contributed by atoms with Gasteiger partial charge in [-0.15, -0.1) is 0 Å². The Bertz CT molecular complexity index is 695. The number of hydrogen-bond acceptors (Lipinski definition) is 2. The molecule has 0 spiro atoms. The van der Waals surface area contributed by atoms with Gasteiger partial charge in [-0.1, -0.05) is 66.6 Å². The molecule has 2 amide bonds. The number of amides is 2. The van der Waals surface area contributed by atoms with Gasteiger partial charge in [0.2, 0.25) is 5.91 Å². The topological polar surface area (TPSA) is 40.6 Å². The zero-order chi connectivity index (χ0) is 18.8. The van der Waals surface area contributed by atoms with E-state index in [1.165, 1.54) is 12.8 Å². The zero-order valence-corrected chi connectivity index (χ0v) is 17.5. The Balaban J connectivity index is 1.68. The number of halogens is 1. The summed E-state index contributed by atoms with van der Waals surface area (Å²) in [6.45, 7) is 0.268. The number of hydrogen-bond donors (Lipinski definition) is 0. The molecule has 2 aliphatic carbocycles.